The molecule has 0 aromatic carbocycles. The molecule has 0 amide bonds. The van der Waals surface area contributed by atoms with Gasteiger partial charge in [0.25, 0.3) is 0 Å². The SMILES string of the molecule is CCC(CC)n1ccc(CC(N)c2scc(C)c2Cl)n1. The summed E-state index contributed by atoms with van der Waals surface area (Å²) < 4.78 is 2.06. The van der Waals surface area contributed by atoms with Crippen molar-refractivity contribution in [1.82, 2.24) is 9.78 Å². The van der Waals surface area contributed by atoms with Crippen LogP contribution in [0.25, 0.3) is 0 Å². The normalized spacial score (nSPS) is 13.1. The average molecular weight is 312 g/mol. The number of thiophene rings is 1. The molecule has 1 unspecified atom stereocenters. The molecule has 0 saturated heterocycles. The zero-order chi connectivity index (χ0) is 14.7. The fourth-order valence-electron chi connectivity index (χ4n) is 2.37. The standard InChI is InChI=1S/C15H22ClN3S/c1-4-12(5-2)19-7-6-11(18-19)8-13(17)15-14(16)10(3)9-20-15/h6-7,9,12-13H,4-5,8,17H2,1-3H3. The van der Waals surface area contributed by atoms with Gasteiger partial charge in [-0.05, 0) is 36.8 Å². The van der Waals surface area contributed by atoms with Crippen LogP contribution >= 0.6 is 22.9 Å². The number of rotatable bonds is 6. The lowest BCUT2D eigenvalue weighted by molar-refractivity contribution is 0.424. The van der Waals surface area contributed by atoms with Gasteiger partial charge in [0.05, 0.1) is 16.8 Å². The first kappa shape index (κ1) is 15.5. The largest absolute Gasteiger partial charge is 0.323 e. The lowest BCUT2D eigenvalue weighted by Gasteiger charge is -2.13. The van der Waals surface area contributed by atoms with Gasteiger partial charge in [-0.3, -0.25) is 4.68 Å². The second-order valence-electron chi connectivity index (χ2n) is 5.16. The summed E-state index contributed by atoms with van der Waals surface area (Å²) >= 11 is 7.91. The van der Waals surface area contributed by atoms with Gasteiger partial charge in [0, 0.05) is 23.5 Å². The van der Waals surface area contributed by atoms with Gasteiger partial charge in [-0.2, -0.15) is 5.10 Å². The van der Waals surface area contributed by atoms with E-state index in [0.717, 1.165) is 40.4 Å². The van der Waals surface area contributed by atoms with Crippen LogP contribution < -0.4 is 5.73 Å². The highest BCUT2D eigenvalue weighted by Crippen LogP contribution is 2.32. The molecule has 2 heterocycles. The summed E-state index contributed by atoms with van der Waals surface area (Å²) in [5.41, 5.74) is 8.40. The van der Waals surface area contributed by atoms with Crippen molar-refractivity contribution < 1.29 is 0 Å². The van der Waals surface area contributed by atoms with Crippen molar-refractivity contribution in [2.45, 2.75) is 52.1 Å². The highest BCUT2D eigenvalue weighted by atomic mass is 35.5. The fourth-order valence-corrected chi connectivity index (χ4v) is 3.71. The Balaban J connectivity index is 2.08. The predicted molar refractivity (Wildman–Crippen MR) is 86.5 cm³/mol. The molecule has 20 heavy (non-hydrogen) atoms. The summed E-state index contributed by atoms with van der Waals surface area (Å²) in [5.74, 6) is 0. The molecule has 0 fully saturated rings. The Bertz CT molecular complexity index is 557. The maximum absolute atomic E-state index is 6.28. The molecule has 0 bridgehead atoms. The quantitative estimate of drug-likeness (QED) is 0.853. The van der Waals surface area contributed by atoms with E-state index in [2.05, 4.69) is 41.3 Å². The molecule has 110 valence electrons. The summed E-state index contributed by atoms with van der Waals surface area (Å²) in [6, 6.07) is 2.46. The molecule has 2 N–H and O–H groups in total. The first-order chi connectivity index (χ1) is 9.56. The Morgan fingerprint density at radius 3 is 2.65 bits per heavy atom. The van der Waals surface area contributed by atoms with Gasteiger partial charge in [0.1, 0.15) is 0 Å². The van der Waals surface area contributed by atoms with Gasteiger partial charge in [0.2, 0.25) is 0 Å². The second kappa shape index (κ2) is 6.74. The molecular weight excluding hydrogens is 290 g/mol. The van der Waals surface area contributed by atoms with E-state index in [4.69, 9.17) is 17.3 Å². The van der Waals surface area contributed by atoms with Gasteiger partial charge in [-0.1, -0.05) is 25.4 Å². The molecule has 0 aliphatic carbocycles. The number of hydrogen-bond acceptors (Lipinski definition) is 3. The predicted octanol–water partition coefficient (Wildman–Crippen LogP) is 4.51. The van der Waals surface area contributed by atoms with Crippen molar-refractivity contribution in [3.63, 3.8) is 0 Å². The summed E-state index contributed by atoms with van der Waals surface area (Å²) in [4.78, 5) is 1.06. The lowest BCUT2D eigenvalue weighted by atomic mass is 10.1. The van der Waals surface area contributed by atoms with E-state index in [1.54, 1.807) is 11.3 Å². The van der Waals surface area contributed by atoms with Crippen molar-refractivity contribution >= 4 is 22.9 Å². The Labute approximate surface area is 129 Å². The molecule has 0 saturated carbocycles. The minimum absolute atomic E-state index is 0.0775. The second-order valence-corrected chi connectivity index (χ2v) is 6.45. The molecule has 2 aromatic rings. The first-order valence-electron chi connectivity index (χ1n) is 7.09. The van der Waals surface area contributed by atoms with Crippen molar-refractivity contribution in [2.24, 2.45) is 5.73 Å². The third kappa shape index (κ3) is 3.25. The fraction of sp³-hybridized carbons (Fsp3) is 0.533. The van der Waals surface area contributed by atoms with Crippen LogP contribution in [0, 0.1) is 6.92 Å². The highest BCUT2D eigenvalue weighted by molar-refractivity contribution is 7.10. The third-order valence-corrected chi connectivity index (χ3v) is 5.52. The molecule has 0 radical (unpaired) electrons. The molecule has 2 aromatic heterocycles. The van der Waals surface area contributed by atoms with Gasteiger partial charge in [-0.15, -0.1) is 11.3 Å². The minimum Gasteiger partial charge on any atom is -0.323 e. The zero-order valence-electron chi connectivity index (χ0n) is 12.3. The number of aromatic nitrogens is 2. The molecule has 1 atom stereocenters. The van der Waals surface area contributed by atoms with Crippen molar-refractivity contribution in [3.05, 3.63) is 38.8 Å². The van der Waals surface area contributed by atoms with E-state index in [0.29, 0.717) is 6.04 Å². The summed E-state index contributed by atoms with van der Waals surface area (Å²) in [5, 5.41) is 7.52. The zero-order valence-corrected chi connectivity index (χ0v) is 13.8. The van der Waals surface area contributed by atoms with Crippen LogP contribution in [0.1, 0.15) is 54.9 Å². The molecular formula is C15H22ClN3S. The average Bonchev–Trinajstić information content (AvgIpc) is 3.00. The molecule has 3 nitrogen and oxygen atoms in total. The molecule has 0 spiro atoms. The van der Waals surface area contributed by atoms with Gasteiger partial charge in [-0.25, -0.2) is 0 Å². The monoisotopic (exact) mass is 311 g/mol. The van der Waals surface area contributed by atoms with Crippen LogP contribution in [0.2, 0.25) is 5.02 Å². The minimum atomic E-state index is -0.0775. The van der Waals surface area contributed by atoms with E-state index in [-0.39, 0.29) is 6.04 Å². The summed E-state index contributed by atoms with van der Waals surface area (Å²) in [7, 11) is 0. The Hall–Kier alpha value is -0.840. The van der Waals surface area contributed by atoms with Crippen molar-refractivity contribution in [3.8, 4) is 0 Å². The molecule has 0 aliphatic heterocycles. The smallest absolute Gasteiger partial charge is 0.0643 e. The van der Waals surface area contributed by atoms with Gasteiger partial charge >= 0.3 is 0 Å². The van der Waals surface area contributed by atoms with Crippen LogP contribution in [0.5, 0.6) is 0 Å². The van der Waals surface area contributed by atoms with Crippen molar-refractivity contribution in [1.29, 1.82) is 0 Å². The lowest BCUT2D eigenvalue weighted by Crippen LogP contribution is -2.14. The summed E-state index contributed by atoms with van der Waals surface area (Å²) in [6.07, 6.45) is 4.98. The van der Waals surface area contributed by atoms with Crippen LogP contribution in [0.3, 0.4) is 0 Å². The number of aryl methyl sites for hydroxylation is 1. The number of nitrogens with two attached hydrogens (primary N) is 1. The molecule has 0 aliphatic rings. The maximum atomic E-state index is 6.28. The van der Waals surface area contributed by atoms with Gasteiger partial charge in [0.15, 0.2) is 0 Å². The van der Waals surface area contributed by atoms with E-state index in [9.17, 15) is 0 Å². The van der Waals surface area contributed by atoms with Crippen LogP contribution in [0.15, 0.2) is 17.6 Å². The number of hydrogen-bond donors (Lipinski definition) is 1. The first-order valence-corrected chi connectivity index (χ1v) is 8.35. The Morgan fingerprint density at radius 2 is 2.10 bits per heavy atom. The van der Waals surface area contributed by atoms with Gasteiger partial charge < -0.3 is 5.73 Å². The van der Waals surface area contributed by atoms with Crippen molar-refractivity contribution in [2.75, 3.05) is 0 Å². The van der Waals surface area contributed by atoms with E-state index in [1.807, 2.05) is 6.92 Å². The third-order valence-electron chi connectivity index (χ3n) is 3.67. The Morgan fingerprint density at radius 1 is 1.40 bits per heavy atom. The van der Waals surface area contributed by atoms with Crippen LogP contribution in [0.4, 0.5) is 0 Å². The number of nitrogens with zero attached hydrogens (tertiary/aromatic N) is 2. The molecule has 2 rings (SSSR count). The van der Waals surface area contributed by atoms with E-state index >= 15 is 0 Å². The van der Waals surface area contributed by atoms with Crippen LogP contribution in [-0.4, -0.2) is 9.78 Å². The molecule has 5 heteroatoms. The Kier molecular flexibility index (Phi) is 5.24. The maximum Gasteiger partial charge on any atom is 0.0643 e. The van der Waals surface area contributed by atoms with E-state index < -0.39 is 0 Å². The highest BCUT2D eigenvalue weighted by Gasteiger charge is 2.16. The topological polar surface area (TPSA) is 43.8 Å². The van der Waals surface area contributed by atoms with E-state index in [1.165, 1.54) is 0 Å². The van der Waals surface area contributed by atoms with Crippen LogP contribution in [-0.2, 0) is 6.42 Å². The summed E-state index contributed by atoms with van der Waals surface area (Å²) in [6.45, 7) is 6.39. The number of halogens is 1.